The number of rotatable bonds is 4. The molecule has 2 unspecified atom stereocenters. The van der Waals surface area contributed by atoms with Crippen molar-refractivity contribution in [2.45, 2.75) is 51.2 Å². The van der Waals surface area contributed by atoms with Crippen LogP contribution in [0.25, 0.3) is 6.08 Å². The van der Waals surface area contributed by atoms with E-state index < -0.39 is 0 Å². The molecule has 1 aromatic rings. The quantitative estimate of drug-likeness (QED) is 0.780. The predicted octanol–water partition coefficient (Wildman–Crippen LogP) is 2.70. The highest BCUT2D eigenvalue weighted by Gasteiger charge is 2.21. The summed E-state index contributed by atoms with van der Waals surface area (Å²) in [5.74, 6) is 0.377. The maximum atomic E-state index is 10.1. The summed E-state index contributed by atoms with van der Waals surface area (Å²) >= 11 is 0. The molecule has 104 valence electrons. The Kier molecular flexibility index (Phi) is 4.61. The average Bonchev–Trinajstić information content (AvgIpc) is 2.42. The van der Waals surface area contributed by atoms with Crippen molar-refractivity contribution in [3.8, 4) is 5.75 Å². The Balaban J connectivity index is 2.06. The maximum Gasteiger partial charge on any atom is 0.123 e. The Morgan fingerprint density at radius 1 is 1.42 bits per heavy atom. The topological polar surface area (TPSA) is 58.3 Å². The zero-order chi connectivity index (χ0) is 13.8. The summed E-state index contributed by atoms with van der Waals surface area (Å²) in [5, 5.41) is 13.6. The molecule has 1 aliphatic rings. The Morgan fingerprint density at radius 3 is 2.84 bits per heavy atom. The van der Waals surface area contributed by atoms with E-state index in [1.807, 2.05) is 25.1 Å². The van der Waals surface area contributed by atoms with Crippen LogP contribution in [0.5, 0.6) is 5.75 Å². The Hall–Kier alpha value is -1.32. The van der Waals surface area contributed by atoms with Crippen LogP contribution in [0.2, 0.25) is 0 Å². The van der Waals surface area contributed by atoms with Gasteiger partial charge in [-0.1, -0.05) is 25.5 Å². The van der Waals surface area contributed by atoms with Gasteiger partial charge in [-0.3, -0.25) is 0 Å². The third kappa shape index (κ3) is 3.37. The van der Waals surface area contributed by atoms with Gasteiger partial charge in [-0.25, -0.2) is 0 Å². The number of hydrogen-bond donors (Lipinski definition) is 3. The monoisotopic (exact) mass is 260 g/mol. The summed E-state index contributed by atoms with van der Waals surface area (Å²) < 4.78 is 0. The fraction of sp³-hybridized carbons (Fsp3) is 0.500. The van der Waals surface area contributed by atoms with E-state index in [1.165, 1.54) is 12.8 Å². The van der Waals surface area contributed by atoms with E-state index in [0.717, 1.165) is 29.5 Å². The van der Waals surface area contributed by atoms with Crippen molar-refractivity contribution < 1.29 is 5.11 Å². The van der Waals surface area contributed by atoms with E-state index in [1.54, 1.807) is 0 Å². The molecule has 0 heterocycles. The second-order valence-corrected chi connectivity index (χ2v) is 5.49. The zero-order valence-corrected chi connectivity index (χ0v) is 11.7. The third-order valence-electron chi connectivity index (χ3n) is 4.01. The first-order chi connectivity index (χ1) is 9.11. The summed E-state index contributed by atoms with van der Waals surface area (Å²) in [6.07, 6.45) is 6.50. The van der Waals surface area contributed by atoms with Crippen LogP contribution in [0.4, 0.5) is 0 Å². The highest BCUT2D eigenvalue weighted by atomic mass is 16.3. The molecular weight excluding hydrogens is 236 g/mol. The molecule has 2 atom stereocenters. The van der Waals surface area contributed by atoms with E-state index in [-0.39, 0.29) is 6.04 Å². The fourth-order valence-corrected chi connectivity index (χ4v) is 2.79. The number of nitrogens with two attached hydrogens (primary N) is 1. The average molecular weight is 260 g/mol. The van der Waals surface area contributed by atoms with Crippen molar-refractivity contribution in [3.05, 3.63) is 35.4 Å². The molecule has 2 rings (SSSR count). The largest absolute Gasteiger partial charge is 0.507 e. The lowest BCUT2D eigenvalue weighted by atomic mass is 9.91. The first-order valence-electron chi connectivity index (χ1n) is 7.05. The molecule has 0 aliphatic heterocycles. The van der Waals surface area contributed by atoms with Gasteiger partial charge in [0.05, 0.1) is 0 Å². The molecule has 0 saturated heterocycles. The van der Waals surface area contributed by atoms with E-state index in [2.05, 4.69) is 11.9 Å². The molecule has 1 saturated carbocycles. The Bertz CT molecular complexity index is 456. The van der Waals surface area contributed by atoms with E-state index in [0.29, 0.717) is 18.3 Å². The maximum absolute atomic E-state index is 10.1. The van der Waals surface area contributed by atoms with Crippen LogP contribution in [0.3, 0.4) is 0 Å². The number of hydrogen-bond acceptors (Lipinski definition) is 3. The molecule has 0 amide bonds. The van der Waals surface area contributed by atoms with Crippen molar-refractivity contribution in [2.75, 3.05) is 0 Å². The zero-order valence-electron chi connectivity index (χ0n) is 11.7. The molecule has 0 radical (unpaired) electrons. The molecule has 19 heavy (non-hydrogen) atoms. The highest BCUT2D eigenvalue weighted by Crippen LogP contribution is 2.25. The van der Waals surface area contributed by atoms with Gasteiger partial charge in [0, 0.05) is 24.2 Å². The molecule has 0 aromatic heterocycles. The molecule has 3 nitrogen and oxygen atoms in total. The van der Waals surface area contributed by atoms with Crippen LogP contribution < -0.4 is 11.1 Å². The van der Waals surface area contributed by atoms with Crippen molar-refractivity contribution in [1.82, 2.24) is 5.32 Å². The van der Waals surface area contributed by atoms with Gasteiger partial charge in [0.2, 0.25) is 0 Å². The lowest BCUT2D eigenvalue weighted by molar-refractivity contribution is 0.324. The van der Waals surface area contributed by atoms with E-state index in [4.69, 9.17) is 5.73 Å². The van der Waals surface area contributed by atoms with Crippen LogP contribution in [-0.2, 0) is 6.54 Å². The summed E-state index contributed by atoms with van der Waals surface area (Å²) in [5.41, 5.74) is 8.98. The Morgan fingerprint density at radius 2 is 2.16 bits per heavy atom. The van der Waals surface area contributed by atoms with Crippen molar-refractivity contribution in [1.29, 1.82) is 0 Å². The van der Waals surface area contributed by atoms with Gasteiger partial charge in [-0.05, 0) is 43.0 Å². The summed E-state index contributed by atoms with van der Waals surface area (Å²) in [4.78, 5) is 0. The number of phenolic OH excluding ortho intramolecular Hbond substituents is 1. The second kappa shape index (κ2) is 6.22. The summed E-state index contributed by atoms with van der Waals surface area (Å²) in [7, 11) is 0. The van der Waals surface area contributed by atoms with Crippen molar-refractivity contribution in [2.24, 2.45) is 5.73 Å². The van der Waals surface area contributed by atoms with Gasteiger partial charge in [0.1, 0.15) is 5.75 Å². The van der Waals surface area contributed by atoms with Crippen LogP contribution >= 0.6 is 0 Å². The minimum Gasteiger partial charge on any atom is -0.507 e. The second-order valence-electron chi connectivity index (χ2n) is 5.49. The number of phenols is 1. The number of aryl methyl sites for hydroxylation is 1. The van der Waals surface area contributed by atoms with Gasteiger partial charge >= 0.3 is 0 Å². The van der Waals surface area contributed by atoms with Gasteiger partial charge < -0.3 is 16.2 Å². The summed E-state index contributed by atoms with van der Waals surface area (Å²) in [6, 6.07) is 4.52. The molecule has 1 aromatic carbocycles. The fourth-order valence-electron chi connectivity index (χ4n) is 2.79. The lowest BCUT2D eigenvalue weighted by Gasteiger charge is -2.29. The molecule has 0 bridgehead atoms. The molecule has 0 spiro atoms. The minimum atomic E-state index is 0.236. The minimum absolute atomic E-state index is 0.236. The smallest absolute Gasteiger partial charge is 0.123 e. The van der Waals surface area contributed by atoms with Gasteiger partial charge in [0.15, 0.2) is 0 Å². The number of nitrogens with one attached hydrogen (secondary N) is 1. The van der Waals surface area contributed by atoms with Gasteiger partial charge in [-0.2, -0.15) is 0 Å². The normalized spacial score (nSPS) is 23.3. The van der Waals surface area contributed by atoms with Crippen molar-refractivity contribution >= 4 is 6.08 Å². The Labute approximate surface area is 115 Å². The van der Waals surface area contributed by atoms with Crippen LogP contribution in [0, 0.1) is 6.92 Å². The first kappa shape index (κ1) is 14.1. The molecule has 1 fully saturated rings. The first-order valence-corrected chi connectivity index (χ1v) is 7.05. The van der Waals surface area contributed by atoms with E-state index in [9.17, 15) is 5.11 Å². The summed E-state index contributed by atoms with van der Waals surface area (Å²) in [6.45, 7) is 6.36. The SMILES string of the molecule is C=Cc1cc(C)c(O)c(CNC2CCCCC2N)c1. The van der Waals surface area contributed by atoms with Crippen LogP contribution in [0.1, 0.15) is 42.4 Å². The lowest BCUT2D eigenvalue weighted by Crippen LogP contribution is -2.46. The van der Waals surface area contributed by atoms with Gasteiger partial charge in [-0.15, -0.1) is 0 Å². The van der Waals surface area contributed by atoms with Crippen molar-refractivity contribution in [3.63, 3.8) is 0 Å². The van der Waals surface area contributed by atoms with E-state index >= 15 is 0 Å². The predicted molar refractivity (Wildman–Crippen MR) is 80.0 cm³/mol. The van der Waals surface area contributed by atoms with Crippen LogP contribution in [-0.4, -0.2) is 17.2 Å². The number of benzene rings is 1. The highest BCUT2D eigenvalue weighted by molar-refractivity contribution is 5.54. The third-order valence-corrected chi connectivity index (χ3v) is 4.01. The molecular formula is C16H24N2O. The molecule has 4 N–H and O–H groups in total. The molecule has 3 heteroatoms. The number of aromatic hydroxyl groups is 1. The van der Waals surface area contributed by atoms with Crippen LogP contribution in [0.15, 0.2) is 18.7 Å². The van der Waals surface area contributed by atoms with Gasteiger partial charge in [0.25, 0.3) is 0 Å². The molecule has 1 aliphatic carbocycles. The standard InChI is InChI=1S/C16H24N2O/c1-3-12-8-11(2)16(19)13(9-12)10-18-15-7-5-4-6-14(15)17/h3,8-9,14-15,18-19H,1,4-7,10,17H2,2H3.